The molecule has 188 valence electrons. The van der Waals surface area contributed by atoms with E-state index in [9.17, 15) is 10.2 Å². The molecule has 35 heavy (non-hydrogen) atoms. The summed E-state index contributed by atoms with van der Waals surface area (Å²) >= 11 is 0. The predicted octanol–water partition coefficient (Wildman–Crippen LogP) is 6.65. The molecular formula is C32H42O3. The summed E-state index contributed by atoms with van der Waals surface area (Å²) in [6.45, 7) is 5.31. The van der Waals surface area contributed by atoms with Crippen molar-refractivity contribution in [3.8, 4) is 5.75 Å². The predicted molar refractivity (Wildman–Crippen MR) is 139 cm³/mol. The maximum absolute atomic E-state index is 12.1. The molecule has 0 bridgehead atoms. The number of fused-ring (bicyclic) bond motifs is 7. The molecule has 0 saturated heterocycles. The highest BCUT2D eigenvalue weighted by Crippen LogP contribution is 2.69. The monoisotopic (exact) mass is 474 g/mol. The van der Waals surface area contributed by atoms with Gasteiger partial charge in [0.25, 0.3) is 0 Å². The summed E-state index contributed by atoms with van der Waals surface area (Å²) in [5, 5.41) is 22.5. The lowest BCUT2D eigenvalue weighted by atomic mass is 9.49. The van der Waals surface area contributed by atoms with Gasteiger partial charge < -0.3 is 14.9 Å². The third-order valence-electron chi connectivity index (χ3n) is 10.8. The molecule has 3 fully saturated rings. The van der Waals surface area contributed by atoms with E-state index in [4.69, 9.17) is 4.74 Å². The summed E-state index contributed by atoms with van der Waals surface area (Å²) < 4.78 is 6.21. The number of benzene rings is 2. The second-order valence-electron chi connectivity index (χ2n) is 12.4. The first kappa shape index (κ1) is 23.6. The van der Waals surface area contributed by atoms with Gasteiger partial charge in [-0.05, 0) is 102 Å². The van der Waals surface area contributed by atoms with E-state index in [-0.39, 0.29) is 11.5 Å². The Labute approximate surface area is 210 Å². The van der Waals surface area contributed by atoms with Crippen LogP contribution in [-0.4, -0.2) is 21.9 Å². The quantitative estimate of drug-likeness (QED) is 0.510. The van der Waals surface area contributed by atoms with Gasteiger partial charge >= 0.3 is 0 Å². The number of rotatable bonds is 5. The third-order valence-corrected chi connectivity index (χ3v) is 10.8. The van der Waals surface area contributed by atoms with E-state index in [0.29, 0.717) is 42.6 Å². The molecule has 6 rings (SSSR count). The normalized spacial score (nSPS) is 39.8. The van der Waals surface area contributed by atoms with E-state index in [0.717, 1.165) is 44.3 Å². The summed E-state index contributed by atoms with van der Waals surface area (Å²) in [7, 11) is 0. The van der Waals surface area contributed by atoms with E-state index in [1.807, 2.05) is 6.07 Å². The minimum absolute atomic E-state index is 0.0670. The van der Waals surface area contributed by atoms with Crippen LogP contribution in [0.3, 0.4) is 0 Å². The van der Waals surface area contributed by atoms with Gasteiger partial charge in [-0.15, -0.1) is 0 Å². The molecule has 0 aliphatic heterocycles. The minimum Gasteiger partial charge on any atom is -0.489 e. The van der Waals surface area contributed by atoms with Crippen LogP contribution in [0.5, 0.6) is 5.75 Å². The molecule has 4 unspecified atom stereocenters. The van der Waals surface area contributed by atoms with Crippen LogP contribution in [0.1, 0.15) is 87.8 Å². The smallest absolute Gasteiger partial charge is 0.120 e. The van der Waals surface area contributed by atoms with Gasteiger partial charge in [-0.3, -0.25) is 0 Å². The van der Waals surface area contributed by atoms with E-state index >= 15 is 0 Å². The average Bonchev–Trinajstić information content (AvgIpc) is 3.09. The van der Waals surface area contributed by atoms with Crippen LogP contribution in [0.2, 0.25) is 0 Å². The zero-order valence-electron chi connectivity index (χ0n) is 21.5. The van der Waals surface area contributed by atoms with Crippen molar-refractivity contribution in [2.45, 2.75) is 95.9 Å². The van der Waals surface area contributed by atoms with Gasteiger partial charge in [0, 0.05) is 6.42 Å². The Balaban J connectivity index is 1.29. The van der Waals surface area contributed by atoms with Crippen molar-refractivity contribution in [3.63, 3.8) is 0 Å². The van der Waals surface area contributed by atoms with Crippen molar-refractivity contribution < 1.29 is 14.9 Å². The largest absolute Gasteiger partial charge is 0.489 e. The van der Waals surface area contributed by atoms with Gasteiger partial charge in [0.05, 0.1) is 11.7 Å². The van der Waals surface area contributed by atoms with Gasteiger partial charge in [0.1, 0.15) is 12.4 Å². The SMILES string of the molecule is CCCC1Cc2cc(OCc3ccccc3)ccc2C2CC[C@@]3(C)C(C[C@H]4CC[C@H](O)C[C@]43O)C12. The van der Waals surface area contributed by atoms with Crippen LogP contribution >= 0.6 is 0 Å². The topological polar surface area (TPSA) is 49.7 Å². The van der Waals surface area contributed by atoms with Gasteiger partial charge in [-0.1, -0.05) is 63.1 Å². The van der Waals surface area contributed by atoms with Gasteiger partial charge in [0.15, 0.2) is 0 Å². The fourth-order valence-electron chi connectivity index (χ4n) is 9.13. The molecule has 3 heteroatoms. The summed E-state index contributed by atoms with van der Waals surface area (Å²) in [5.41, 5.74) is 3.47. The highest BCUT2D eigenvalue weighted by molar-refractivity contribution is 5.42. The van der Waals surface area contributed by atoms with Crippen LogP contribution in [0.4, 0.5) is 0 Å². The van der Waals surface area contributed by atoms with Crippen LogP contribution in [0.15, 0.2) is 48.5 Å². The second kappa shape index (κ2) is 8.92. The Morgan fingerprint density at radius 1 is 1.06 bits per heavy atom. The molecule has 3 saturated carbocycles. The fourth-order valence-corrected chi connectivity index (χ4v) is 9.13. The summed E-state index contributed by atoms with van der Waals surface area (Å²) in [6, 6.07) is 17.3. The lowest BCUT2D eigenvalue weighted by Gasteiger charge is -2.56. The van der Waals surface area contributed by atoms with Crippen molar-refractivity contribution in [2.24, 2.45) is 29.1 Å². The Morgan fingerprint density at radius 3 is 2.69 bits per heavy atom. The fraction of sp³-hybridized carbons (Fsp3) is 0.625. The first-order valence-corrected chi connectivity index (χ1v) is 14.1. The zero-order valence-corrected chi connectivity index (χ0v) is 21.5. The van der Waals surface area contributed by atoms with Crippen molar-refractivity contribution in [1.29, 1.82) is 0 Å². The van der Waals surface area contributed by atoms with Crippen LogP contribution in [0, 0.1) is 29.1 Å². The van der Waals surface area contributed by atoms with Crippen molar-refractivity contribution in [1.82, 2.24) is 0 Å². The Bertz CT molecular complexity index is 1050. The molecule has 0 heterocycles. The number of aliphatic hydroxyl groups excluding tert-OH is 1. The molecule has 2 aromatic carbocycles. The van der Waals surface area contributed by atoms with E-state index in [2.05, 4.69) is 56.3 Å². The highest BCUT2D eigenvalue weighted by atomic mass is 16.5. The molecule has 4 aliphatic rings. The molecule has 2 aromatic rings. The number of hydrogen-bond acceptors (Lipinski definition) is 3. The molecule has 8 atom stereocenters. The minimum atomic E-state index is -0.688. The van der Waals surface area contributed by atoms with Crippen LogP contribution in [-0.2, 0) is 13.0 Å². The Kier molecular flexibility index (Phi) is 6.00. The molecule has 0 spiro atoms. The van der Waals surface area contributed by atoms with Crippen LogP contribution < -0.4 is 4.74 Å². The first-order valence-electron chi connectivity index (χ1n) is 14.1. The average molecular weight is 475 g/mol. The molecule has 0 aromatic heterocycles. The standard InChI is InChI=1S/C32H42O3/c1-3-7-22-16-23-17-26(35-20-21-8-5-4-6-9-21)12-13-27(23)28-14-15-31(2)29(30(22)28)18-24-10-11-25(33)19-32(24,31)34/h4-6,8-9,12-13,17,22,24-25,28-30,33-34H,3,7,10-11,14-16,18-20H2,1-2H3/t22?,24-,25+,28?,29?,30?,31+,32+/m1/s1. The summed E-state index contributed by atoms with van der Waals surface area (Å²) in [5.74, 6) is 3.80. The van der Waals surface area contributed by atoms with Crippen LogP contribution in [0.25, 0.3) is 0 Å². The van der Waals surface area contributed by atoms with Gasteiger partial charge in [-0.25, -0.2) is 0 Å². The molecule has 0 radical (unpaired) electrons. The first-order chi connectivity index (χ1) is 16.9. The lowest BCUT2D eigenvalue weighted by molar-refractivity contribution is -0.160. The number of aliphatic hydroxyl groups is 2. The van der Waals surface area contributed by atoms with Gasteiger partial charge in [-0.2, -0.15) is 0 Å². The van der Waals surface area contributed by atoms with Crippen molar-refractivity contribution >= 4 is 0 Å². The zero-order chi connectivity index (χ0) is 24.2. The lowest BCUT2D eigenvalue weighted by Crippen LogP contribution is -2.56. The van der Waals surface area contributed by atoms with E-state index < -0.39 is 5.60 Å². The Hall–Kier alpha value is -1.84. The van der Waals surface area contributed by atoms with E-state index in [1.165, 1.54) is 24.0 Å². The molecule has 4 aliphatic carbocycles. The van der Waals surface area contributed by atoms with E-state index in [1.54, 1.807) is 5.56 Å². The number of hydrogen-bond donors (Lipinski definition) is 2. The number of ether oxygens (including phenoxy) is 1. The summed E-state index contributed by atoms with van der Waals surface area (Å²) in [4.78, 5) is 0. The molecular weight excluding hydrogens is 432 g/mol. The molecule has 0 amide bonds. The maximum atomic E-state index is 12.1. The summed E-state index contributed by atoms with van der Waals surface area (Å²) in [6.07, 6.45) is 9.06. The maximum Gasteiger partial charge on any atom is 0.120 e. The van der Waals surface area contributed by atoms with Crippen molar-refractivity contribution in [2.75, 3.05) is 0 Å². The molecule has 3 nitrogen and oxygen atoms in total. The Morgan fingerprint density at radius 2 is 1.89 bits per heavy atom. The highest BCUT2D eigenvalue weighted by Gasteiger charge is 2.67. The van der Waals surface area contributed by atoms with Crippen molar-refractivity contribution in [3.05, 3.63) is 65.2 Å². The molecule has 2 N–H and O–H groups in total. The third kappa shape index (κ3) is 3.76. The second-order valence-corrected chi connectivity index (χ2v) is 12.4. The van der Waals surface area contributed by atoms with Gasteiger partial charge in [0.2, 0.25) is 0 Å².